The van der Waals surface area contributed by atoms with Crippen LogP contribution >= 0.6 is 11.3 Å². The summed E-state index contributed by atoms with van der Waals surface area (Å²) in [4.78, 5) is 27.2. The van der Waals surface area contributed by atoms with E-state index in [0.717, 1.165) is 0 Å². The maximum atomic E-state index is 13.4. The third-order valence-electron chi connectivity index (χ3n) is 3.45. The smallest absolute Gasteiger partial charge is 0.424 e. The van der Waals surface area contributed by atoms with Crippen molar-refractivity contribution in [2.24, 2.45) is 5.73 Å². The molecule has 2 rings (SSSR count). The Bertz CT molecular complexity index is 794. The number of primary amides is 1. The zero-order valence-corrected chi connectivity index (χ0v) is 14.3. The van der Waals surface area contributed by atoms with E-state index in [0.29, 0.717) is 11.3 Å². The van der Waals surface area contributed by atoms with Crippen LogP contribution in [0, 0.1) is 6.92 Å². The van der Waals surface area contributed by atoms with Crippen LogP contribution in [0.2, 0.25) is 0 Å². The Balaban J connectivity index is 2.26. The molecule has 0 spiro atoms. The van der Waals surface area contributed by atoms with Crippen LogP contribution in [0.4, 0.5) is 13.2 Å². The Kier molecular flexibility index (Phi) is 5.67. The van der Waals surface area contributed by atoms with Crippen LogP contribution in [0.1, 0.15) is 28.8 Å². The Hall–Kier alpha value is -2.46. The van der Waals surface area contributed by atoms with E-state index < -0.39 is 41.2 Å². The van der Waals surface area contributed by atoms with Crippen molar-refractivity contribution in [1.29, 1.82) is 0 Å². The molecule has 3 N–H and O–H groups in total. The van der Waals surface area contributed by atoms with Crippen molar-refractivity contribution in [3.63, 3.8) is 0 Å². The number of carbonyl (C=O) groups excluding carboxylic acids is 2. The van der Waals surface area contributed by atoms with Gasteiger partial charge >= 0.3 is 12.1 Å². The first kappa shape index (κ1) is 19.9. The largest absolute Gasteiger partial charge is 0.447 e. The molecule has 2 atom stereocenters. The molecule has 0 aliphatic heterocycles. The Labute approximate surface area is 150 Å². The van der Waals surface area contributed by atoms with Crippen LogP contribution < -0.4 is 5.73 Å². The predicted octanol–water partition coefficient (Wildman–Crippen LogP) is 2.36. The molecule has 2 aromatic rings. The maximum Gasteiger partial charge on any atom is 0.424 e. The molecule has 0 saturated heterocycles. The first-order valence-corrected chi connectivity index (χ1v) is 8.18. The average molecular weight is 388 g/mol. The van der Waals surface area contributed by atoms with Crippen LogP contribution in [-0.4, -0.2) is 28.1 Å². The minimum absolute atomic E-state index is 0.203. The van der Waals surface area contributed by atoms with Gasteiger partial charge in [-0.2, -0.15) is 13.2 Å². The number of nitrogens with two attached hydrogens (primary N) is 1. The molecule has 2 unspecified atom stereocenters. The second-order valence-electron chi connectivity index (χ2n) is 5.51. The van der Waals surface area contributed by atoms with E-state index in [2.05, 4.69) is 4.98 Å². The summed E-state index contributed by atoms with van der Waals surface area (Å²) in [6, 6.07) is 7.59. The maximum absolute atomic E-state index is 13.4. The lowest BCUT2D eigenvalue weighted by Crippen LogP contribution is -2.44. The summed E-state index contributed by atoms with van der Waals surface area (Å²) in [5, 5.41) is 10.8. The molecular formula is C16H15F3N2O4S. The monoisotopic (exact) mass is 388 g/mol. The Morgan fingerprint density at radius 2 is 1.92 bits per heavy atom. The second-order valence-corrected chi connectivity index (χ2v) is 6.37. The van der Waals surface area contributed by atoms with Crippen LogP contribution in [0.15, 0.2) is 35.7 Å². The minimum Gasteiger partial charge on any atom is -0.447 e. The number of aromatic nitrogens is 1. The standard InChI is InChI=1S/C16H15F3N2O4S/c1-9-8-26-14(21-9)15(24,16(17,18)19)7-11(22)25-12(13(20)23)10-5-3-2-4-6-10/h2-6,8,12,24H,7H2,1H3,(H2,20,23). The molecule has 10 heteroatoms. The highest BCUT2D eigenvalue weighted by molar-refractivity contribution is 7.09. The van der Waals surface area contributed by atoms with Crippen molar-refractivity contribution in [1.82, 2.24) is 4.98 Å². The molecule has 140 valence electrons. The molecule has 1 aromatic heterocycles. The number of hydrogen-bond acceptors (Lipinski definition) is 6. The van der Waals surface area contributed by atoms with E-state index >= 15 is 0 Å². The number of benzene rings is 1. The van der Waals surface area contributed by atoms with Crippen LogP contribution in [0.5, 0.6) is 0 Å². The van der Waals surface area contributed by atoms with Gasteiger partial charge in [0.1, 0.15) is 5.01 Å². The molecule has 0 saturated carbocycles. The van der Waals surface area contributed by atoms with Gasteiger partial charge in [-0.25, -0.2) is 4.98 Å². The third-order valence-corrected chi connectivity index (χ3v) is 4.56. The molecule has 26 heavy (non-hydrogen) atoms. The van der Waals surface area contributed by atoms with E-state index in [1.807, 2.05) is 0 Å². The summed E-state index contributed by atoms with van der Waals surface area (Å²) in [6.07, 6.45) is -8.20. The van der Waals surface area contributed by atoms with Crippen molar-refractivity contribution >= 4 is 23.2 Å². The number of rotatable bonds is 6. The normalized spacial score (nSPS) is 15.1. The van der Waals surface area contributed by atoms with Crippen molar-refractivity contribution in [3.8, 4) is 0 Å². The topological polar surface area (TPSA) is 103 Å². The summed E-state index contributed by atoms with van der Waals surface area (Å²) in [6.45, 7) is 1.45. The highest BCUT2D eigenvalue weighted by Gasteiger charge is 2.58. The molecule has 0 aliphatic rings. The quantitative estimate of drug-likeness (QED) is 0.740. The first-order valence-electron chi connectivity index (χ1n) is 7.30. The van der Waals surface area contributed by atoms with Gasteiger partial charge in [-0.05, 0) is 6.92 Å². The number of nitrogens with zero attached hydrogens (tertiary/aromatic N) is 1. The van der Waals surface area contributed by atoms with Gasteiger partial charge in [0.25, 0.3) is 5.91 Å². The Morgan fingerprint density at radius 3 is 2.38 bits per heavy atom. The van der Waals surface area contributed by atoms with Crippen LogP contribution in [0.25, 0.3) is 0 Å². The van der Waals surface area contributed by atoms with Gasteiger partial charge < -0.3 is 15.6 Å². The lowest BCUT2D eigenvalue weighted by Gasteiger charge is -2.28. The van der Waals surface area contributed by atoms with Gasteiger partial charge in [0, 0.05) is 16.6 Å². The molecular weight excluding hydrogens is 373 g/mol. The highest BCUT2D eigenvalue weighted by atomic mass is 32.1. The fourth-order valence-corrected chi connectivity index (χ4v) is 3.06. The fraction of sp³-hybridized carbons (Fsp3) is 0.312. The zero-order valence-electron chi connectivity index (χ0n) is 13.5. The van der Waals surface area contributed by atoms with E-state index in [1.165, 1.54) is 24.4 Å². The SMILES string of the molecule is Cc1csc(C(O)(CC(=O)OC(C(N)=O)c2ccccc2)C(F)(F)F)n1. The number of hydrogen-bond donors (Lipinski definition) is 2. The first-order chi connectivity index (χ1) is 12.0. The predicted molar refractivity (Wildman–Crippen MR) is 85.9 cm³/mol. The van der Waals surface area contributed by atoms with Crippen molar-refractivity contribution in [2.45, 2.75) is 31.2 Å². The minimum atomic E-state index is -5.18. The van der Waals surface area contributed by atoms with Crippen LogP contribution in [-0.2, 0) is 19.9 Å². The van der Waals surface area contributed by atoms with Crippen LogP contribution in [0.3, 0.4) is 0 Å². The van der Waals surface area contributed by atoms with Gasteiger partial charge in [0.2, 0.25) is 11.7 Å². The van der Waals surface area contributed by atoms with Gasteiger partial charge in [0.15, 0.2) is 0 Å². The summed E-state index contributed by atoms with van der Waals surface area (Å²) in [5.41, 5.74) is 2.11. The summed E-state index contributed by atoms with van der Waals surface area (Å²) < 4.78 is 45.0. The molecule has 1 aromatic carbocycles. The van der Waals surface area contributed by atoms with Gasteiger partial charge in [-0.3, -0.25) is 9.59 Å². The van der Waals surface area contributed by atoms with Crippen molar-refractivity contribution in [3.05, 3.63) is 52.0 Å². The van der Waals surface area contributed by atoms with Gasteiger partial charge in [0.05, 0.1) is 6.42 Å². The van der Waals surface area contributed by atoms with E-state index in [1.54, 1.807) is 18.2 Å². The summed E-state index contributed by atoms with van der Waals surface area (Å²) in [5.74, 6) is -2.49. The molecule has 0 bridgehead atoms. The molecule has 1 amide bonds. The van der Waals surface area contributed by atoms with Gasteiger partial charge in [-0.1, -0.05) is 30.3 Å². The number of thiazole rings is 1. The van der Waals surface area contributed by atoms with Crippen molar-refractivity contribution < 1.29 is 32.6 Å². The summed E-state index contributed by atoms with van der Waals surface area (Å²) in [7, 11) is 0. The van der Waals surface area contributed by atoms with Crippen molar-refractivity contribution in [2.75, 3.05) is 0 Å². The molecule has 0 fully saturated rings. The lowest BCUT2D eigenvalue weighted by molar-refractivity contribution is -0.270. The number of aliphatic hydroxyl groups is 1. The Morgan fingerprint density at radius 1 is 1.31 bits per heavy atom. The molecule has 0 aliphatic carbocycles. The number of alkyl halides is 3. The lowest BCUT2D eigenvalue weighted by atomic mass is 9.99. The second kappa shape index (κ2) is 7.42. The van der Waals surface area contributed by atoms with E-state index in [-0.39, 0.29) is 11.3 Å². The number of esters is 1. The van der Waals surface area contributed by atoms with E-state index in [9.17, 15) is 27.9 Å². The highest BCUT2D eigenvalue weighted by Crippen LogP contribution is 2.43. The number of ether oxygens (including phenoxy) is 1. The number of aryl methyl sites for hydroxylation is 1. The third kappa shape index (κ3) is 4.20. The number of amides is 1. The zero-order chi connectivity index (χ0) is 19.5. The van der Waals surface area contributed by atoms with Gasteiger partial charge in [-0.15, -0.1) is 11.3 Å². The average Bonchev–Trinajstić information content (AvgIpc) is 2.99. The summed E-state index contributed by atoms with van der Waals surface area (Å²) >= 11 is 0.566. The molecule has 0 radical (unpaired) electrons. The number of carbonyl (C=O) groups is 2. The number of halogens is 3. The fourth-order valence-electron chi connectivity index (χ4n) is 2.14. The molecule has 6 nitrogen and oxygen atoms in total. The molecule has 1 heterocycles. The van der Waals surface area contributed by atoms with E-state index in [4.69, 9.17) is 10.5 Å².